The highest BCUT2D eigenvalue weighted by molar-refractivity contribution is 6.35. The lowest BCUT2D eigenvalue weighted by atomic mass is 10.2. The zero-order valence-corrected chi connectivity index (χ0v) is 14.3. The molecule has 3 rings (SSSR count). The summed E-state index contributed by atoms with van der Waals surface area (Å²) in [6.07, 6.45) is 1.54. The Balaban J connectivity index is 1.64. The third-order valence-electron chi connectivity index (χ3n) is 3.32. The van der Waals surface area contributed by atoms with E-state index >= 15 is 0 Å². The first-order valence-corrected chi connectivity index (χ1v) is 8.00. The largest absolute Gasteiger partial charge is 0.490 e. The quantitative estimate of drug-likeness (QED) is 0.473. The molecule has 0 aliphatic rings. The van der Waals surface area contributed by atoms with Gasteiger partial charge in [0.05, 0.1) is 16.5 Å². The molecule has 0 amide bonds. The lowest BCUT2D eigenvalue weighted by Gasteiger charge is -2.07. The SMILES string of the molecule is O=[N+]([O-])c1cccc(-c2ncn(CCOc3ccc(Cl)cc3Cl)n2)c1. The number of halogens is 2. The van der Waals surface area contributed by atoms with Crippen LogP contribution in [0.2, 0.25) is 10.0 Å². The van der Waals surface area contributed by atoms with Gasteiger partial charge in [0.25, 0.3) is 5.69 Å². The van der Waals surface area contributed by atoms with Crippen molar-refractivity contribution in [3.8, 4) is 17.1 Å². The van der Waals surface area contributed by atoms with Gasteiger partial charge in [-0.25, -0.2) is 9.67 Å². The summed E-state index contributed by atoms with van der Waals surface area (Å²) in [5, 5.41) is 16.1. The molecule has 0 bridgehead atoms. The van der Waals surface area contributed by atoms with Crippen LogP contribution in [0.3, 0.4) is 0 Å². The van der Waals surface area contributed by atoms with Crippen LogP contribution >= 0.6 is 23.2 Å². The summed E-state index contributed by atoms with van der Waals surface area (Å²) in [6, 6.07) is 11.2. The van der Waals surface area contributed by atoms with E-state index in [1.54, 1.807) is 41.3 Å². The molecule has 0 fully saturated rings. The molecule has 0 N–H and O–H groups in total. The summed E-state index contributed by atoms with van der Waals surface area (Å²) < 4.78 is 7.19. The van der Waals surface area contributed by atoms with E-state index in [0.29, 0.717) is 40.3 Å². The molecule has 128 valence electrons. The van der Waals surface area contributed by atoms with Crippen molar-refractivity contribution in [2.75, 3.05) is 6.61 Å². The fraction of sp³-hybridized carbons (Fsp3) is 0.125. The fourth-order valence-electron chi connectivity index (χ4n) is 2.13. The van der Waals surface area contributed by atoms with Crippen LogP contribution in [-0.2, 0) is 6.54 Å². The first-order valence-electron chi connectivity index (χ1n) is 7.25. The number of benzene rings is 2. The van der Waals surface area contributed by atoms with Gasteiger partial charge in [0.1, 0.15) is 18.7 Å². The van der Waals surface area contributed by atoms with E-state index in [-0.39, 0.29) is 5.69 Å². The maximum Gasteiger partial charge on any atom is 0.270 e. The highest BCUT2D eigenvalue weighted by Gasteiger charge is 2.10. The van der Waals surface area contributed by atoms with Gasteiger partial charge in [-0.1, -0.05) is 35.3 Å². The van der Waals surface area contributed by atoms with Crippen molar-refractivity contribution in [1.29, 1.82) is 0 Å². The van der Waals surface area contributed by atoms with E-state index < -0.39 is 4.92 Å². The predicted molar refractivity (Wildman–Crippen MR) is 94.1 cm³/mol. The number of ether oxygens (including phenoxy) is 1. The highest BCUT2D eigenvalue weighted by atomic mass is 35.5. The van der Waals surface area contributed by atoms with Gasteiger partial charge in [0, 0.05) is 22.7 Å². The smallest absolute Gasteiger partial charge is 0.270 e. The van der Waals surface area contributed by atoms with Crippen molar-refractivity contribution >= 4 is 28.9 Å². The number of rotatable bonds is 6. The van der Waals surface area contributed by atoms with E-state index in [9.17, 15) is 10.1 Å². The van der Waals surface area contributed by atoms with Gasteiger partial charge in [0.2, 0.25) is 0 Å². The maximum absolute atomic E-state index is 10.8. The summed E-state index contributed by atoms with van der Waals surface area (Å²) >= 11 is 11.9. The first-order chi connectivity index (χ1) is 12.0. The van der Waals surface area contributed by atoms with E-state index in [1.807, 2.05) is 0 Å². The summed E-state index contributed by atoms with van der Waals surface area (Å²) in [4.78, 5) is 14.6. The fourth-order valence-corrected chi connectivity index (χ4v) is 2.60. The van der Waals surface area contributed by atoms with Crippen LogP contribution in [0, 0.1) is 10.1 Å². The Labute approximate surface area is 152 Å². The highest BCUT2D eigenvalue weighted by Crippen LogP contribution is 2.27. The molecule has 7 nitrogen and oxygen atoms in total. The van der Waals surface area contributed by atoms with Crippen molar-refractivity contribution in [2.24, 2.45) is 0 Å². The van der Waals surface area contributed by atoms with Crippen LogP contribution in [0.4, 0.5) is 5.69 Å². The Bertz CT molecular complexity index is 914. The minimum atomic E-state index is -0.454. The van der Waals surface area contributed by atoms with Gasteiger partial charge < -0.3 is 4.74 Å². The van der Waals surface area contributed by atoms with Gasteiger partial charge in [-0.15, -0.1) is 0 Å². The molecular formula is C16H12Cl2N4O3. The minimum Gasteiger partial charge on any atom is -0.490 e. The maximum atomic E-state index is 10.8. The monoisotopic (exact) mass is 378 g/mol. The number of hydrogen-bond acceptors (Lipinski definition) is 5. The molecule has 25 heavy (non-hydrogen) atoms. The second-order valence-corrected chi connectivity index (χ2v) is 5.91. The van der Waals surface area contributed by atoms with Gasteiger partial charge in [-0.2, -0.15) is 5.10 Å². The summed E-state index contributed by atoms with van der Waals surface area (Å²) in [7, 11) is 0. The Morgan fingerprint density at radius 3 is 2.80 bits per heavy atom. The first kappa shape index (κ1) is 17.2. The number of aromatic nitrogens is 3. The zero-order chi connectivity index (χ0) is 17.8. The third-order valence-corrected chi connectivity index (χ3v) is 3.85. The van der Waals surface area contributed by atoms with Crippen molar-refractivity contribution in [1.82, 2.24) is 14.8 Å². The number of nitro benzene ring substituents is 1. The minimum absolute atomic E-state index is 0.00503. The molecular weight excluding hydrogens is 367 g/mol. The predicted octanol–water partition coefficient (Wildman–Crippen LogP) is 4.24. The normalized spacial score (nSPS) is 10.6. The molecule has 0 unspecified atom stereocenters. The van der Waals surface area contributed by atoms with E-state index in [4.69, 9.17) is 27.9 Å². The van der Waals surface area contributed by atoms with Crippen molar-refractivity contribution in [2.45, 2.75) is 6.54 Å². The molecule has 0 aliphatic heterocycles. The van der Waals surface area contributed by atoms with E-state index in [0.717, 1.165) is 0 Å². The zero-order valence-electron chi connectivity index (χ0n) is 12.8. The van der Waals surface area contributed by atoms with Gasteiger partial charge in [0.15, 0.2) is 5.82 Å². The van der Waals surface area contributed by atoms with Crippen LogP contribution < -0.4 is 4.74 Å². The van der Waals surface area contributed by atoms with E-state index in [1.165, 1.54) is 12.1 Å². The Hall–Kier alpha value is -2.64. The van der Waals surface area contributed by atoms with Crippen LogP contribution in [-0.4, -0.2) is 26.3 Å². The summed E-state index contributed by atoms with van der Waals surface area (Å²) in [6.45, 7) is 0.778. The van der Waals surface area contributed by atoms with Crippen molar-refractivity contribution < 1.29 is 9.66 Å². The average Bonchev–Trinajstić information content (AvgIpc) is 3.06. The third kappa shape index (κ3) is 4.26. The van der Waals surface area contributed by atoms with Crippen LogP contribution in [0.1, 0.15) is 0 Å². The number of nitrogens with zero attached hydrogens (tertiary/aromatic N) is 4. The Kier molecular flexibility index (Phi) is 5.16. The molecule has 0 spiro atoms. The molecule has 9 heteroatoms. The molecule has 0 saturated carbocycles. The van der Waals surface area contributed by atoms with Gasteiger partial charge >= 0.3 is 0 Å². The number of hydrogen-bond donors (Lipinski definition) is 0. The molecule has 0 atom stereocenters. The van der Waals surface area contributed by atoms with Crippen LogP contribution in [0.5, 0.6) is 5.75 Å². The summed E-state index contributed by atoms with van der Waals surface area (Å²) in [5.74, 6) is 0.943. The molecule has 1 heterocycles. The average molecular weight is 379 g/mol. The second-order valence-electron chi connectivity index (χ2n) is 5.06. The number of nitro groups is 1. The van der Waals surface area contributed by atoms with Crippen LogP contribution in [0.15, 0.2) is 48.8 Å². The second kappa shape index (κ2) is 7.50. The Morgan fingerprint density at radius 2 is 2.04 bits per heavy atom. The lowest BCUT2D eigenvalue weighted by Crippen LogP contribution is -2.09. The Morgan fingerprint density at radius 1 is 1.20 bits per heavy atom. The van der Waals surface area contributed by atoms with Gasteiger partial charge in [-0.05, 0) is 18.2 Å². The molecule has 0 saturated heterocycles. The van der Waals surface area contributed by atoms with Gasteiger partial charge in [-0.3, -0.25) is 10.1 Å². The topological polar surface area (TPSA) is 83.1 Å². The molecule has 1 aromatic heterocycles. The molecule has 2 aromatic carbocycles. The van der Waals surface area contributed by atoms with E-state index in [2.05, 4.69) is 10.1 Å². The van der Waals surface area contributed by atoms with Crippen LogP contribution in [0.25, 0.3) is 11.4 Å². The number of non-ortho nitro benzene ring substituents is 1. The van der Waals surface area contributed by atoms with Crippen molar-refractivity contribution in [3.63, 3.8) is 0 Å². The lowest BCUT2D eigenvalue weighted by molar-refractivity contribution is -0.384. The molecule has 3 aromatic rings. The van der Waals surface area contributed by atoms with Crippen molar-refractivity contribution in [3.05, 3.63) is 69.0 Å². The summed E-state index contributed by atoms with van der Waals surface area (Å²) in [5.41, 5.74) is 0.573. The standard InChI is InChI=1S/C16H12Cl2N4O3/c17-12-4-5-15(14(18)9-12)25-7-6-21-10-19-16(20-21)11-2-1-3-13(8-11)22(23)24/h1-5,8-10H,6-7H2. The molecule has 0 aliphatic carbocycles. The molecule has 0 radical (unpaired) electrons.